The summed E-state index contributed by atoms with van der Waals surface area (Å²) in [4.78, 5) is 23.8. The first-order valence-corrected chi connectivity index (χ1v) is 10.8. The van der Waals surface area contributed by atoms with Gasteiger partial charge in [-0.3, -0.25) is 4.79 Å². The number of benzene rings is 2. The van der Waals surface area contributed by atoms with E-state index in [0.717, 1.165) is 17.3 Å². The smallest absolute Gasteiger partial charge is 0.338 e. The van der Waals surface area contributed by atoms with Gasteiger partial charge in [0.2, 0.25) is 0 Å². The molecule has 27 heavy (non-hydrogen) atoms. The van der Waals surface area contributed by atoms with Crippen LogP contribution in [0, 0.1) is 0 Å². The molecule has 1 aliphatic heterocycles. The number of para-hydroxylation sites is 1. The van der Waals surface area contributed by atoms with Crippen LogP contribution in [0.5, 0.6) is 5.75 Å². The van der Waals surface area contributed by atoms with E-state index < -0.39 is 5.97 Å². The summed E-state index contributed by atoms with van der Waals surface area (Å²) >= 11 is 3.83. The second kappa shape index (κ2) is 10.3. The number of rotatable bonds is 8. The molecule has 0 unspecified atom stereocenters. The van der Waals surface area contributed by atoms with Gasteiger partial charge in [0.05, 0.1) is 16.7 Å². The number of amides is 1. The minimum Gasteiger partial charge on any atom is -0.492 e. The van der Waals surface area contributed by atoms with Crippen molar-refractivity contribution >= 4 is 35.4 Å². The average Bonchev–Trinajstić information content (AvgIpc) is 3.25. The Hall–Kier alpha value is -2.12. The molecule has 0 radical (unpaired) electrons. The Balaban J connectivity index is 1.35. The largest absolute Gasteiger partial charge is 0.492 e. The van der Waals surface area contributed by atoms with E-state index in [-0.39, 0.29) is 12.5 Å². The summed E-state index contributed by atoms with van der Waals surface area (Å²) in [5.74, 6) is 2.21. The van der Waals surface area contributed by atoms with Crippen LogP contribution in [0.3, 0.4) is 0 Å². The van der Waals surface area contributed by atoms with Crippen molar-refractivity contribution in [3.8, 4) is 5.75 Å². The van der Waals surface area contributed by atoms with Crippen LogP contribution < -0.4 is 10.1 Å². The third-order valence-corrected chi connectivity index (χ3v) is 6.92. The molecule has 2 aromatic rings. The van der Waals surface area contributed by atoms with E-state index in [9.17, 15) is 9.59 Å². The van der Waals surface area contributed by atoms with E-state index in [0.29, 0.717) is 23.3 Å². The lowest BCUT2D eigenvalue weighted by Crippen LogP contribution is -2.32. The molecule has 0 aromatic heterocycles. The lowest BCUT2D eigenvalue weighted by molar-refractivity contribution is -0.124. The predicted octanol–water partition coefficient (Wildman–Crippen LogP) is 3.52. The Labute approximate surface area is 167 Å². The zero-order valence-electron chi connectivity index (χ0n) is 14.8. The quantitative estimate of drug-likeness (QED) is 0.537. The van der Waals surface area contributed by atoms with Crippen LogP contribution >= 0.6 is 23.5 Å². The molecule has 1 N–H and O–H groups in total. The molecule has 1 heterocycles. The number of esters is 1. The van der Waals surface area contributed by atoms with Crippen molar-refractivity contribution in [2.24, 2.45) is 0 Å². The average molecular weight is 404 g/mol. The van der Waals surface area contributed by atoms with E-state index >= 15 is 0 Å². The lowest BCUT2D eigenvalue weighted by atomic mass is 10.1. The molecular formula is C20H21NO4S2. The van der Waals surface area contributed by atoms with Crippen LogP contribution in [0.1, 0.15) is 20.5 Å². The zero-order chi connectivity index (χ0) is 18.9. The van der Waals surface area contributed by atoms with E-state index in [1.54, 1.807) is 12.1 Å². The monoisotopic (exact) mass is 403 g/mol. The first-order valence-electron chi connectivity index (χ1n) is 8.67. The van der Waals surface area contributed by atoms with Gasteiger partial charge in [-0.1, -0.05) is 30.3 Å². The van der Waals surface area contributed by atoms with E-state index in [2.05, 4.69) is 5.32 Å². The van der Waals surface area contributed by atoms with Crippen LogP contribution in [-0.4, -0.2) is 43.1 Å². The first-order chi connectivity index (χ1) is 13.2. The number of ether oxygens (including phenoxy) is 2. The molecule has 1 fully saturated rings. The molecule has 3 rings (SSSR count). The van der Waals surface area contributed by atoms with Gasteiger partial charge in [0.25, 0.3) is 5.91 Å². The van der Waals surface area contributed by atoms with Gasteiger partial charge in [-0.25, -0.2) is 4.79 Å². The zero-order valence-corrected chi connectivity index (χ0v) is 16.4. The highest BCUT2D eigenvalue weighted by Crippen LogP contribution is 2.45. The van der Waals surface area contributed by atoms with E-state index in [4.69, 9.17) is 9.47 Å². The molecule has 0 aliphatic carbocycles. The number of nitrogens with one attached hydrogen (secondary N) is 1. The van der Waals surface area contributed by atoms with E-state index in [1.165, 1.54) is 5.56 Å². The van der Waals surface area contributed by atoms with Crippen LogP contribution in [-0.2, 0) is 9.53 Å². The molecule has 1 aliphatic rings. The third-order valence-electron chi connectivity index (χ3n) is 3.81. The summed E-state index contributed by atoms with van der Waals surface area (Å²) in [7, 11) is 0. The van der Waals surface area contributed by atoms with Gasteiger partial charge in [-0.2, -0.15) is 0 Å². The highest BCUT2D eigenvalue weighted by Gasteiger charge is 2.18. The fourth-order valence-electron chi connectivity index (χ4n) is 2.47. The van der Waals surface area contributed by atoms with Crippen molar-refractivity contribution < 1.29 is 19.1 Å². The van der Waals surface area contributed by atoms with Crippen LogP contribution in [0.4, 0.5) is 0 Å². The van der Waals surface area contributed by atoms with Crippen LogP contribution in [0.15, 0.2) is 54.6 Å². The van der Waals surface area contributed by atoms with Crippen molar-refractivity contribution in [1.82, 2.24) is 5.32 Å². The number of carbonyl (C=O) groups is 2. The minimum absolute atomic E-state index is 0.305. The maximum Gasteiger partial charge on any atom is 0.338 e. The second-order valence-electron chi connectivity index (χ2n) is 5.78. The molecule has 1 saturated heterocycles. The van der Waals surface area contributed by atoms with Crippen molar-refractivity contribution in [3.63, 3.8) is 0 Å². The highest BCUT2D eigenvalue weighted by atomic mass is 32.2. The summed E-state index contributed by atoms with van der Waals surface area (Å²) in [5, 5.41) is 2.66. The van der Waals surface area contributed by atoms with Crippen molar-refractivity contribution in [2.75, 3.05) is 31.3 Å². The van der Waals surface area contributed by atoms with Gasteiger partial charge in [0.15, 0.2) is 6.61 Å². The van der Waals surface area contributed by atoms with Gasteiger partial charge in [-0.15, -0.1) is 23.5 Å². The molecule has 0 bridgehead atoms. The number of thioether (sulfide) groups is 2. The summed E-state index contributed by atoms with van der Waals surface area (Å²) in [5.41, 5.74) is 1.65. The number of hydrogen-bond acceptors (Lipinski definition) is 6. The molecule has 0 spiro atoms. The van der Waals surface area contributed by atoms with Crippen molar-refractivity contribution in [1.29, 1.82) is 0 Å². The van der Waals surface area contributed by atoms with Crippen molar-refractivity contribution in [2.45, 2.75) is 4.58 Å². The Bertz CT molecular complexity index is 746. The first kappa shape index (κ1) is 19.6. The van der Waals surface area contributed by atoms with Gasteiger partial charge in [0.1, 0.15) is 12.4 Å². The minimum atomic E-state index is -0.496. The summed E-state index contributed by atoms with van der Waals surface area (Å²) in [6, 6.07) is 16.8. The Morgan fingerprint density at radius 3 is 2.41 bits per heavy atom. The maximum atomic E-state index is 12.1. The fraction of sp³-hybridized carbons (Fsp3) is 0.300. The molecular weight excluding hydrogens is 382 g/mol. The lowest BCUT2D eigenvalue weighted by Gasteiger charge is -2.10. The summed E-state index contributed by atoms with van der Waals surface area (Å²) < 4.78 is 11.0. The molecule has 7 heteroatoms. The molecule has 142 valence electrons. The molecule has 5 nitrogen and oxygen atoms in total. The Morgan fingerprint density at radius 1 is 1.00 bits per heavy atom. The van der Waals surface area contributed by atoms with Gasteiger partial charge in [0, 0.05) is 11.5 Å². The fourth-order valence-corrected chi connectivity index (χ4v) is 5.33. The predicted molar refractivity (Wildman–Crippen MR) is 109 cm³/mol. The number of carbonyl (C=O) groups excluding carboxylic acids is 2. The Morgan fingerprint density at radius 2 is 1.70 bits per heavy atom. The Kier molecular flexibility index (Phi) is 7.47. The SMILES string of the molecule is O=C(COC(=O)c1ccc(C2SCCS2)cc1)NCCOc1ccccc1. The van der Waals surface area contributed by atoms with Crippen LogP contribution in [0.2, 0.25) is 0 Å². The maximum absolute atomic E-state index is 12.1. The van der Waals surface area contributed by atoms with Gasteiger partial charge < -0.3 is 14.8 Å². The van der Waals surface area contributed by atoms with Gasteiger partial charge >= 0.3 is 5.97 Å². The molecule has 1 amide bonds. The van der Waals surface area contributed by atoms with Gasteiger partial charge in [-0.05, 0) is 29.8 Å². The molecule has 2 aromatic carbocycles. The normalized spacial score (nSPS) is 13.9. The third kappa shape index (κ3) is 6.22. The summed E-state index contributed by atoms with van der Waals surface area (Å²) in [6.45, 7) is 0.388. The second-order valence-corrected chi connectivity index (χ2v) is 8.51. The molecule has 0 saturated carbocycles. The standard InChI is InChI=1S/C20H21NO4S2/c22-18(21-10-11-24-17-4-2-1-3-5-17)14-25-19(23)15-6-8-16(9-7-15)20-26-12-13-27-20/h1-9,20H,10-14H2,(H,21,22). The van der Waals surface area contributed by atoms with E-state index in [1.807, 2.05) is 66.0 Å². The summed E-state index contributed by atoms with van der Waals surface area (Å²) in [6.07, 6.45) is 0. The topological polar surface area (TPSA) is 64.6 Å². The highest BCUT2D eigenvalue weighted by molar-refractivity contribution is 8.19. The van der Waals surface area contributed by atoms with Crippen molar-refractivity contribution in [3.05, 3.63) is 65.7 Å². The number of hydrogen-bond donors (Lipinski definition) is 1. The molecule has 0 atom stereocenters. The van der Waals surface area contributed by atoms with Crippen LogP contribution in [0.25, 0.3) is 0 Å².